The zero-order chi connectivity index (χ0) is 12.9. The Balaban J connectivity index is 2.58. The zero-order valence-electron chi connectivity index (χ0n) is 9.67. The van der Waals surface area contributed by atoms with Gasteiger partial charge in [-0.1, -0.05) is 19.3 Å². The van der Waals surface area contributed by atoms with Gasteiger partial charge in [-0.05, 0) is 12.8 Å². The van der Waals surface area contributed by atoms with Gasteiger partial charge in [0.1, 0.15) is 6.54 Å². The molecule has 0 saturated heterocycles. The third kappa shape index (κ3) is 4.93. The first-order valence-corrected chi connectivity index (χ1v) is 5.90. The lowest BCUT2D eigenvalue weighted by Gasteiger charge is -2.29. The predicted molar refractivity (Wildman–Crippen MR) is 56.3 cm³/mol. The molecule has 1 aliphatic rings. The van der Waals surface area contributed by atoms with Crippen LogP contribution in [0.1, 0.15) is 32.1 Å². The van der Waals surface area contributed by atoms with Crippen molar-refractivity contribution in [1.82, 2.24) is 4.90 Å². The van der Waals surface area contributed by atoms with E-state index >= 15 is 0 Å². The van der Waals surface area contributed by atoms with E-state index in [2.05, 4.69) is 0 Å². The topological polar surface area (TPSA) is 40.5 Å². The number of rotatable bonds is 4. The average molecular weight is 253 g/mol. The summed E-state index contributed by atoms with van der Waals surface area (Å²) in [6, 6.07) is 0. The number of carbonyl (C=O) groups excluding carboxylic acids is 1. The Morgan fingerprint density at radius 2 is 1.82 bits per heavy atom. The smallest absolute Gasteiger partial charge is 0.395 e. The van der Waals surface area contributed by atoms with E-state index < -0.39 is 25.2 Å². The first kappa shape index (κ1) is 14.3. The average Bonchev–Trinajstić information content (AvgIpc) is 2.27. The van der Waals surface area contributed by atoms with E-state index in [9.17, 15) is 18.0 Å². The Morgan fingerprint density at radius 1 is 1.24 bits per heavy atom. The SMILES string of the molecule is O=C(C1CCCCC1)N(CCO)CC(F)(F)F. The maximum absolute atomic E-state index is 12.3. The third-order valence-corrected chi connectivity index (χ3v) is 3.01. The Bertz CT molecular complexity index is 250. The number of nitrogens with zero attached hydrogens (tertiary/aromatic N) is 1. The van der Waals surface area contributed by atoms with Gasteiger partial charge in [0.25, 0.3) is 0 Å². The van der Waals surface area contributed by atoms with Crippen LogP contribution in [0.15, 0.2) is 0 Å². The number of halogens is 3. The summed E-state index contributed by atoms with van der Waals surface area (Å²) >= 11 is 0. The number of hydrogen-bond donors (Lipinski definition) is 1. The summed E-state index contributed by atoms with van der Waals surface area (Å²) in [4.78, 5) is 12.6. The molecule has 0 spiro atoms. The summed E-state index contributed by atoms with van der Waals surface area (Å²) in [5.74, 6) is -0.756. The summed E-state index contributed by atoms with van der Waals surface area (Å²) in [5.41, 5.74) is 0. The van der Waals surface area contributed by atoms with Crippen molar-refractivity contribution in [1.29, 1.82) is 0 Å². The summed E-state index contributed by atoms with van der Waals surface area (Å²) in [6.07, 6.45) is -0.232. The highest BCUT2D eigenvalue weighted by Gasteiger charge is 2.35. The number of aliphatic hydroxyl groups excluding tert-OH is 1. The van der Waals surface area contributed by atoms with Crippen LogP contribution in [0.3, 0.4) is 0 Å². The Hall–Kier alpha value is -0.780. The molecular formula is C11H18F3NO2. The van der Waals surface area contributed by atoms with Crippen molar-refractivity contribution in [3.63, 3.8) is 0 Å². The second-order valence-corrected chi connectivity index (χ2v) is 4.43. The molecule has 0 aromatic heterocycles. The lowest BCUT2D eigenvalue weighted by Crippen LogP contribution is -2.44. The minimum Gasteiger partial charge on any atom is -0.395 e. The maximum atomic E-state index is 12.3. The lowest BCUT2D eigenvalue weighted by molar-refractivity contribution is -0.165. The molecule has 1 saturated carbocycles. The lowest BCUT2D eigenvalue weighted by atomic mass is 9.88. The Labute approximate surface area is 98.6 Å². The summed E-state index contributed by atoms with van der Waals surface area (Å²) in [7, 11) is 0. The molecule has 100 valence electrons. The van der Waals surface area contributed by atoms with Gasteiger partial charge < -0.3 is 10.0 Å². The summed E-state index contributed by atoms with van der Waals surface area (Å²) in [6.45, 7) is -1.94. The van der Waals surface area contributed by atoms with Gasteiger partial charge >= 0.3 is 6.18 Å². The highest BCUT2D eigenvalue weighted by molar-refractivity contribution is 5.79. The highest BCUT2D eigenvalue weighted by Crippen LogP contribution is 2.26. The van der Waals surface area contributed by atoms with Gasteiger partial charge in [-0.15, -0.1) is 0 Å². The predicted octanol–water partition coefficient (Wildman–Crippen LogP) is 1.95. The molecule has 1 aliphatic carbocycles. The van der Waals surface area contributed by atoms with Crippen LogP contribution < -0.4 is 0 Å². The minimum atomic E-state index is -4.40. The van der Waals surface area contributed by atoms with Crippen LogP contribution in [0.5, 0.6) is 0 Å². The standard InChI is InChI=1S/C11H18F3NO2/c12-11(13,14)8-15(6-7-16)10(17)9-4-2-1-3-5-9/h9,16H,1-8H2. The minimum absolute atomic E-state index is 0.241. The molecule has 1 rings (SSSR count). The fourth-order valence-corrected chi connectivity index (χ4v) is 2.21. The van der Waals surface area contributed by atoms with E-state index in [1.807, 2.05) is 0 Å². The first-order valence-electron chi connectivity index (χ1n) is 5.90. The van der Waals surface area contributed by atoms with E-state index in [1.54, 1.807) is 0 Å². The van der Waals surface area contributed by atoms with Crippen LogP contribution in [-0.4, -0.2) is 41.8 Å². The molecular weight excluding hydrogens is 235 g/mol. The van der Waals surface area contributed by atoms with Crippen molar-refractivity contribution >= 4 is 5.91 Å². The van der Waals surface area contributed by atoms with Crippen molar-refractivity contribution in [2.24, 2.45) is 5.92 Å². The fraction of sp³-hybridized carbons (Fsp3) is 0.909. The van der Waals surface area contributed by atoms with E-state index in [0.717, 1.165) is 24.2 Å². The quantitative estimate of drug-likeness (QED) is 0.832. The van der Waals surface area contributed by atoms with Gasteiger partial charge in [0, 0.05) is 12.5 Å². The Morgan fingerprint density at radius 3 is 2.29 bits per heavy atom. The second-order valence-electron chi connectivity index (χ2n) is 4.43. The van der Waals surface area contributed by atoms with Gasteiger partial charge in [-0.3, -0.25) is 4.79 Å². The normalized spacial score (nSPS) is 18.1. The largest absolute Gasteiger partial charge is 0.406 e. The summed E-state index contributed by atoms with van der Waals surface area (Å²) in [5, 5.41) is 8.72. The van der Waals surface area contributed by atoms with Crippen molar-refractivity contribution in [2.45, 2.75) is 38.3 Å². The number of alkyl halides is 3. The zero-order valence-corrected chi connectivity index (χ0v) is 9.67. The van der Waals surface area contributed by atoms with Crippen molar-refractivity contribution in [3.05, 3.63) is 0 Å². The molecule has 0 heterocycles. The molecule has 0 unspecified atom stereocenters. The van der Waals surface area contributed by atoms with Crippen molar-refractivity contribution in [2.75, 3.05) is 19.7 Å². The highest BCUT2D eigenvalue weighted by atomic mass is 19.4. The molecule has 1 amide bonds. The molecule has 1 fully saturated rings. The number of aliphatic hydroxyl groups is 1. The molecule has 3 nitrogen and oxygen atoms in total. The van der Waals surface area contributed by atoms with Gasteiger partial charge in [-0.2, -0.15) is 13.2 Å². The third-order valence-electron chi connectivity index (χ3n) is 3.01. The maximum Gasteiger partial charge on any atom is 0.406 e. The first-order chi connectivity index (χ1) is 7.94. The molecule has 0 atom stereocenters. The number of hydrogen-bond acceptors (Lipinski definition) is 2. The van der Waals surface area contributed by atoms with Crippen LogP contribution in [0.25, 0.3) is 0 Å². The van der Waals surface area contributed by atoms with E-state index in [4.69, 9.17) is 5.11 Å². The van der Waals surface area contributed by atoms with Gasteiger partial charge in [0.15, 0.2) is 0 Å². The molecule has 0 radical (unpaired) electrons. The van der Waals surface area contributed by atoms with Gasteiger partial charge in [0.2, 0.25) is 5.91 Å². The fourth-order valence-electron chi connectivity index (χ4n) is 2.21. The van der Waals surface area contributed by atoms with Crippen LogP contribution in [-0.2, 0) is 4.79 Å². The number of amides is 1. The molecule has 17 heavy (non-hydrogen) atoms. The van der Waals surface area contributed by atoms with Crippen molar-refractivity contribution < 1.29 is 23.1 Å². The van der Waals surface area contributed by atoms with E-state index in [0.29, 0.717) is 12.8 Å². The Kier molecular flexibility index (Phi) is 5.24. The number of carbonyl (C=O) groups is 1. The molecule has 0 aromatic carbocycles. The molecule has 1 N–H and O–H groups in total. The van der Waals surface area contributed by atoms with Crippen LogP contribution in [0.2, 0.25) is 0 Å². The van der Waals surface area contributed by atoms with Crippen LogP contribution in [0.4, 0.5) is 13.2 Å². The molecule has 0 aliphatic heterocycles. The molecule has 0 bridgehead atoms. The van der Waals surface area contributed by atoms with Gasteiger partial charge in [0.05, 0.1) is 6.61 Å². The molecule has 6 heteroatoms. The van der Waals surface area contributed by atoms with Crippen molar-refractivity contribution in [3.8, 4) is 0 Å². The summed E-state index contributed by atoms with van der Waals surface area (Å²) < 4.78 is 36.8. The second kappa shape index (κ2) is 6.23. The monoisotopic (exact) mass is 253 g/mol. The van der Waals surface area contributed by atoms with Crippen LogP contribution >= 0.6 is 0 Å². The molecule has 0 aromatic rings. The van der Waals surface area contributed by atoms with E-state index in [-0.39, 0.29) is 12.5 Å². The van der Waals surface area contributed by atoms with Gasteiger partial charge in [-0.25, -0.2) is 0 Å². The van der Waals surface area contributed by atoms with Crippen LogP contribution in [0, 0.1) is 5.92 Å². The van der Waals surface area contributed by atoms with E-state index in [1.165, 1.54) is 0 Å².